The summed E-state index contributed by atoms with van der Waals surface area (Å²) in [7, 11) is -1.94. The van der Waals surface area contributed by atoms with Gasteiger partial charge in [0.15, 0.2) is 5.82 Å². The Balaban J connectivity index is 1.57. The Labute approximate surface area is 160 Å². The molecule has 9 heteroatoms. The molecule has 0 saturated carbocycles. The highest BCUT2D eigenvalue weighted by Gasteiger charge is 2.29. The molecule has 2 aromatic rings. The van der Waals surface area contributed by atoms with Gasteiger partial charge in [0.2, 0.25) is 15.9 Å². The summed E-state index contributed by atoms with van der Waals surface area (Å²) < 4.78 is 37.5. The number of sulfonamides is 1. The zero-order valence-electron chi connectivity index (χ0n) is 16.0. The molecule has 0 radical (unpaired) electrons. The summed E-state index contributed by atoms with van der Waals surface area (Å²) in [6.07, 6.45) is 0.789. The molecule has 8 nitrogen and oxygen atoms in total. The van der Waals surface area contributed by atoms with Gasteiger partial charge in [-0.25, -0.2) is 8.42 Å². The van der Waals surface area contributed by atoms with Crippen LogP contribution in [-0.2, 0) is 23.0 Å². The van der Waals surface area contributed by atoms with E-state index in [4.69, 9.17) is 9.26 Å². The minimum Gasteiger partial charge on any atom is -0.497 e. The Hall–Kier alpha value is -1.97. The monoisotopic (exact) mass is 394 g/mol. The van der Waals surface area contributed by atoms with Gasteiger partial charge in [-0.1, -0.05) is 19.0 Å². The van der Waals surface area contributed by atoms with Crippen LogP contribution in [0.3, 0.4) is 0 Å². The van der Waals surface area contributed by atoms with Gasteiger partial charge in [0.1, 0.15) is 5.75 Å². The Morgan fingerprint density at radius 1 is 1.15 bits per heavy atom. The lowest BCUT2D eigenvalue weighted by Gasteiger charge is -2.33. The van der Waals surface area contributed by atoms with Gasteiger partial charge in [-0.15, -0.1) is 0 Å². The number of ether oxygens (including phenoxy) is 1. The van der Waals surface area contributed by atoms with Crippen molar-refractivity contribution < 1.29 is 17.7 Å². The summed E-state index contributed by atoms with van der Waals surface area (Å²) in [4.78, 5) is 6.83. The van der Waals surface area contributed by atoms with Crippen LogP contribution in [0.1, 0.15) is 25.6 Å². The average Bonchev–Trinajstić information content (AvgIpc) is 3.08. The van der Waals surface area contributed by atoms with Crippen LogP contribution in [0.4, 0.5) is 0 Å². The van der Waals surface area contributed by atoms with Gasteiger partial charge in [-0.3, -0.25) is 4.90 Å². The Morgan fingerprint density at radius 3 is 2.41 bits per heavy atom. The van der Waals surface area contributed by atoms with E-state index < -0.39 is 10.0 Å². The van der Waals surface area contributed by atoms with Crippen LogP contribution in [-0.4, -0.2) is 61.1 Å². The molecule has 0 amide bonds. The fraction of sp³-hybridized carbons (Fsp3) is 0.556. The molecular weight excluding hydrogens is 368 g/mol. The molecule has 0 spiro atoms. The molecule has 0 N–H and O–H groups in total. The maximum atomic E-state index is 12.8. The number of piperazine rings is 1. The second-order valence-electron chi connectivity index (χ2n) is 7.06. The molecule has 1 aliphatic heterocycles. The van der Waals surface area contributed by atoms with Crippen molar-refractivity contribution in [2.45, 2.75) is 31.7 Å². The molecule has 0 atom stereocenters. The van der Waals surface area contributed by atoms with Crippen molar-refractivity contribution in [1.29, 1.82) is 0 Å². The molecule has 2 heterocycles. The second-order valence-corrected chi connectivity index (χ2v) is 9.00. The quantitative estimate of drug-likeness (QED) is 0.707. The third-order valence-electron chi connectivity index (χ3n) is 4.49. The fourth-order valence-corrected chi connectivity index (χ4v) is 4.44. The minimum absolute atomic E-state index is 0.284. The third kappa shape index (κ3) is 4.85. The van der Waals surface area contributed by atoms with Crippen LogP contribution < -0.4 is 4.74 Å². The highest BCUT2D eigenvalue weighted by molar-refractivity contribution is 7.89. The van der Waals surface area contributed by atoms with Crippen LogP contribution in [0.2, 0.25) is 0 Å². The molecule has 0 aliphatic carbocycles. The van der Waals surface area contributed by atoms with Gasteiger partial charge in [0.05, 0.1) is 18.6 Å². The van der Waals surface area contributed by atoms with E-state index in [1.165, 1.54) is 4.31 Å². The number of nitrogens with zero attached hydrogens (tertiary/aromatic N) is 4. The predicted octanol–water partition coefficient (Wildman–Crippen LogP) is 1.78. The normalized spacial score (nSPS) is 16.7. The summed E-state index contributed by atoms with van der Waals surface area (Å²) in [5.41, 5.74) is 0. The molecule has 1 aromatic heterocycles. The lowest BCUT2D eigenvalue weighted by atomic mass is 10.1. The summed E-state index contributed by atoms with van der Waals surface area (Å²) in [6.45, 7) is 6.87. The SMILES string of the molecule is COc1ccc(S(=O)(=O)N2CCN(Cc3nc(CC(C)C)no3)CC2)cc1. The van der Waals surface area contributed by atoms with E-state index in [0.717, 1.165) is 12.2 Å². The van der Waals surface area contributed by atoms with Gasteiger partial charge in [-0.2, -0.15) is 9.29 Å². The molecule has 1 aliphatic rings. The van der Waals surface area contributed by atoms with Crippen molar-refractivity contribution in [3.8, 4) is 5.75 Å². The number of hydrogen-bond acceptors (Lipinski definition) is 7. The van der Waals surface area contributed by atoms with E-state index in [2.05, 4.69) is 28.9 Å². The largest absolute Gasteiger partial charge is 0.497 e. The van der Waals surface area contributed by atoms with E-state index in [-0.39, 0.29) is 4.90 Å². The molecule has 1 saturated heterocycles. The summed E-state index contributed by atoms with van der Waals surface area (Å²) in [5, 5.41) is 4.00. The van der Waals surface area contributed by atoms with Crippen LogP contribution in [0, 0.1) is 5.92 Å². The van der Waals surface area contributed by atoms with Gasteiger partial charge in [0.25, 0.3) is 0 Å². The first kappa shape index (κ1) is 19.8. The van der Waals surface area contributed by atoms with E-state index >= 15 is 0 Å². The van der Waals surface area contributed by atoms with Crippen LogP contribution in [0.25, 0.3) is 0 Å². The molecule has 148 valence electrons. The lowest BCUT2D eigenvalue weighted by molar-refractivity contribution is 0.163. The summed E-state index contributed by atoms with van der Waals surface area (Å²) in [6, 6.07) is 6.48. The fourth-order valence-electron chi connectivity index (χ4n) is 3.02. The van der Waals surface area contributed by atoms with E-state index in [1.807, 2.05) is 0 Å². The maximum absolute atomic E-state index is 12.8. The summed E-state index contributed by atoms with van der Waals surface area (Å²) >= 11 is 0. The van der Waals surface area contributed by atoms with E-state index in [0.29, 0.717) is 50.3 Å². The first-order valence-corrected chi connectivity index (χ1v) is 10.5. The van der Waals surface area contributed by atoms with Crippen molar-refractivity contribution in [2.75, 3.05) is 33.3 Å². The highest BCUT2D eigenvalue weighted by Crippen LogP contribution is 2.21. The van der Waals surface area contributed by atoms with Crippen molar-refractivity contribution in [3.63, 3.8) is 0 Å². The number of rotatable bonds is 7. The van der Waals surface area contributed by atoms with Crippen LogP contribution >= 0.6 is 0 Å². The lowest BCUT2D eigenvalue weighted by Crippen LogP contribution is -2.48. The van der Waals surface area contributed by atoms with Gasteiger partial charge in [-0.05, 0) is 30.2 Å². The minimum atomic E-state index is -3.49. The average molecular weight is 394 g/mol. The summed E-state index contributed by atoms with van der Waals surface area (Å²) in [5.74, 6) is 2.41. The Morgan fingerprint density at radius 2 is 1.81 bits per heavy atom. The van der Waals surface area contributed by atoms with Gasteiger partial charge < -0.3 is 9.26 Å². The van der Waals surface area contributed by atoms with Crippen molar-refractivity contribution in [3.05, 3.63) is 36.0 Å². The van der Waals surface area contributed by atoms with Crippen LogP contribution in [0.5, 0.6) is 5.75 Å². The van der Waals surface area contributed by atoms with E-state index in [9.17, 15) is 8.42 Å². The van der Waals surface area contributed by atoms with Gasteiger partial charge >= 0.3 is 0 Å². The molecule has 3 rings (SSSR count). The number of aromatic nitrogens is 2. The second kappa shape index (κ2) is 8.37. The first-order valence-electron chi connectivity index (χ1n) is 9.06. The van der Waals surface area contributed by atoms with Crippen molar-refractivity contribution >= 4 is 10.0 Å². The predicted molar refractivity (Wildman–Crippen MR) is 99.9 cm³/mol. The molecule has 1 fully saturated rings. The third-order valence-corrected chi connectivity index (χ3v) is 6.40. The highest BCUT2D eigenvalue weighted by atomic mass is 32.2. The molecular formula is C18H26N4O4S. The first-order chi connectivity index (χ1) is 12.9. The topological polar surface area (TPSA) is 88.8 Å². The molecule has 0 bridgehead atoms. The van der Waals surface area contributed by atoms with Crippen molar-refractivity contribution in [1.82, 2.24) is 19.3 Å². The maximum Gasteiger partial charge on any atom is 0.243 e. The number of methoxy groups -OCH3 is 1. The smallest absolute Gasteiger partial charge is 0.243 e. The molecule has 27 heavy (non-hydrogen) atoms. The van der Waals surface area contributed by atoms with Crippen molar-refractivity contribution in [2.24, 2.45) is 5.92 Å². The van der Waals surface area contributed by atoms with Crippen LogP contribution in [0.15, 0.2) is 33.7 Å². The number of hydrogen-bond donors (Lipinski definition) is 0. The van der Waals surface area contributed by atoms with Gasteiger partial charge in [0, 0.05) is 32.6 Å². The zero-order valence-corrected chi connectivity index (χ0v) is 16.8. The Bertz CT molecular complexity index is 841. The molecule has 0 unspecified atom stereocenters. The number of benzene rings is 1. The zero-order chi connectivity index (χ0) is 19.4. The molecule has 1 aromatic carbocycles. The standard InChI is InChI=1S/C18H26N4O4S/c1-14(2)12-17-19-18(26-20-17)13-21-8-10-22(11-9-21)27(23,24)16-6-4-15(25-3)5-7-16/h4-7,14H,8-13H2,1-3H3. The Kier molecular flexibility index (Phi) is 6.13. The van der Waals surface area contributed by atoms with E-state index in [1.54, 1.807) is 31.4 Å².